The summed E-state index contributed by atoms with van der Waals surface area (Å²) >= 11 is 1.82. The predicted octanol–water partition coefficient (Wildman–Crippen LogP) is 2.14. The van der Waals surface area contributed by atoms with Crippen molar-refractivity contribution in [3.8, 4) is 0 Å². The third-order valence-electron chi connectivity index (χ3n) is 2.61. The Morgan fingerprint density at radius 3 is 2.38 bits per heavy atom. The third-order valence-corrected chi connectivity index (χ3v) is 3.25. The van der Waals surface area contributed by atoms with Gasteiger partial charge < -0.3 is 10.6 Å². The first-order valence-corrected chi connectivity index (χ1v) is 6.88. The maximum absolute atomic E-state index is 11.7. The van der Waals surface area contributed by atoms with Crippen LogP contribution in [-0.4, -0.2) is 41.9 Å². The van der Waals surface area contributed by atoms with Crippen molar-refractivity contribution in [1.29, 1.82) is 0 Å². The first-order valence-electron chi connectivity index (χ1n) is 5.49. The molecule has 0 aliphatic carbocycles. The van der Waals surface area contributed by atoms with Gasteiger partial charge >= 0.3 is 0 Å². The summed E-state index contributed by atoms with van der Waals surface area (Å²) in [6, 6.07) is 0.446. The molecule has 2 atom stereocenters. The van der Waals surface area contributed by atoms with Crippen LogP contribution < -0.4 is 5.73 Å². The van der Waals surface area contributed by atoms with E-state index in [-0.39, 0.29) is 24.4 Å². The van der Waals surface area contributed by atoms with Crippen LogP contribution in [0.15, 0.2) is 0 Å². The Hall–Kier alpha value is 0.0700. The predicted molar refractivity (Wildman–Crippen MR) is 75.4 cm³/mol. The van der Waals surface area contributed by atoms with Gasteiger partial charge in [0, 0.05) is 25.6 Å². The minimum absolute atomic E-state index is 0. The maximum atomic E-state index is 11.7. The molecule has 0 saturated carbocycles. The van der Waals surface area contributed by atoms with Gasteiger partial charge in [-0.15, -0.1) is 12.4 Å². The summed E-state index contributed by atoms with van der Waals surface area (Å²) in [5.74, 6) is 1.31. The molecule has 0 aliphatic heterocycles. The summed E-state index contributed by atoms with van der Waals surface area (Å²) in [4.78, 5) is 13.6. The van der Waals surface area contributed by atoms with Gasteiger partial charge in [0.1, 0.15) is 0 Å². The number of thioether (sulfide) groups is 1. The lowest BCUT2D eigenvalue weighted by atomic mass is 10.1. The SMILES string of the molecule is CSCCC(C)N(C)C(=O)CCC(C)N.Cl. The van der Waals surface area contributed by atoms with Crippen molar-refractivity contribution in [2.24, 2.45) is 5.73 Å². The highest BCUT2D eigenvalue weighted by Crippen LogP contribution is 2.08. The van der Waals surface area contributed by atoms with Crippen LogP contribution in [0.25, 0.3) is 0 Å². The summed E-state index contributed by atoms with van der Waals surface area (Å²) in [7, 11) is 1.88. The average Bonchev–Trinajstić information content (AvgIpc) is 2.21. The Morgan fingerprint density at radius 2 is 1.94 bits per heavy atom. The van der Waals surface area contributed by atoms with Crippen molar-refractivity contribution in [1.82, 2.24) is 4.90 Å². The fourth-order valence-electron chi connectivity index (χ4n) is 1.26. The second-order valence-electron chi connectivity index (χ2n) is 4.15. The van der Waals surface area contributed by atoms with Gasteiger partial charge in [-0.3, -0.25) is 4.79 Å². The minimum atomic E-state index is 0. The first kappa shape index (κ1) is 18.4. The van der Waals surface area contributed by atoms with Gasteiger partial charge in [0.05, 0.1) is 0 Å². The van der Waals surface area contributed by atoms with E-state index in [9.17, 15) is 4.79 Å². The highest BCUT2D eigenvalue weighted by Gasteiger charge is 2.15. The summed E-state index contributed by atoms with van der Waals surface area (Å²) in [6.45, 7) is 4.03. The molecule has 1 amide bonds. The van der Waals surface area contributed by atoms with E-state index in [0.717, 1.165) is 18.6 Å². The monoisotopic (exact) mass is 268 g/mol. The molecule has 16 heavy (non-hydrogen) atoms. The standard InChI is InChI=1S/C11H24N2OS.ClH/c1-9(12)5-6-11(14)13(3)10(2)7-8-15-4;/h9-10H,5-8,12H2,1-4H3;1H. The van der Waals surface area contributed by atoms with E-state index in [1.54, 1.807) is 0 Å². The van der Waals surface area contributed by atoms with E-state index >= 15 is 0 Å². The summed E-state index contributed by atoms with van der Waals surface area (Å²) < 4.78 is 0. The molecular weight excluding hydrogens is 244 g/mol. The minimum Gasteiger partial charge on any atom is -0.343 e. The highest BCUT2D eigenvalue weighted by atomic mass is 35.5. The van der Waals surface area contributed by atoms with Gasteiger partial charge in [-0.05, 0) is 38.7 Å². The summed E-state index contributed by atoms with van der Waals surface area (Å²) in [6.07, 6.45) is 4.49. The Kier molecular flexibility index (Phi) is 11.8. The van der Waals surface area contributed by atoms with E-state index in [0.29, 0.717) is 12.5 Å². The number of rotatable bonds is 7. The van der Waals surface area contributed by atoms with E-state index in [2.05, 4.69) is 13.2 Å². The molecule has 0 aromatic heterocycles. The van der Waals surface area contributed by atoms with E-state index < -0.39 is 0 Å². The van der Waals surface area contributed by atoms with Crippen LogP contribution in [0.5, 0.6) is 0 Å². The molecular formula is C11H25ClN2OS. The van der Waals surface area contributed by atoms with Crippen molar-refractivity contribution in [2.75, 3.05) is 19.1 Å². The van der Waals surface area contributed by atoms with Crippen LogP contribution in [0, 0.1) is 0 Å². The zero-order valence-electron chi connectivity index (χ0n) is 10.7. The van der Waals surface area contributed by atoms with Crippen LogP contribution in [0.1, 0.15) is 33.1 Å². The summed E-state index contributed by atoms with van der Waals surface area (Å²) in [5, 5.41) is 0. The lowest BCUT2D eigenvalue weighted by Crippen LogP contribution is -2.36. The van der Waals surface area contributed by atoms with Crippen LogP contribution >= 0.6 is 24.2 Å². The number of nitrogens with zero attached hydrogens (tertiary/aromatic N) is 1. The molecule has 0 bridgehead atoms. The van der Waals surface area contributed by atoms with Gasteiger partial charge in [-0.25, -0.2) is 0 Å². The average molecular weight is 269 g/mol. The van der Waals surface area contributed by atoms with Gasteiger partial charge in [0.25, 0.3) is 0 Å². The van der Waals surface area contributed by atoms with E-state index in [1.165, 1.54) is 0 Å². The second-order valence-corrected chi connectivity index (χ2v) is 5.14. The molecule has 5 heteroatoms. The highest BCUT2D eigenvalue weighted by molar-refractivity contribution is 7.98. The molecule has 0 saturated heterocycles. The van der Waals surface area contributed by atoms with Gasteiger partial charge in [-0.1, -0.05) is 0 Å². The fraction of sp³-hybridized carbons (Fsp3) is 0.909. The summed E-state index contributed by atoms with van der Waals surface area (Å²) in [5.41, 5.74) is 5.62. The second kappa shape index (κ2) is 10.2. The lowest BCUT2D eigenvalue weighted by Gasteiger charge is -2.25. The topological polar surface area (TPSA) is 46.3 Å². The van der Waals surface area contributed by atoms with Crippen molar-refractivity contribution < 1.29 is 4.79 Å². The van der Waals surface area contributed by atoms with E-state index in [4.69, 9.17) is 5.73 Å². The number of halogens is 1. The number of amides is 1. The van der Waals surface area contributed by atoms with Crippen LogP contribution in [0.2, 0.25) is 0 Å². The quantitative estimate of drug-likeness (QED) is 0.770. The Morgan fingerprint density at radius 1 is 1.38 bits per heavy atom. The number of hydrogen-bond donors (Lipinski definition) is 1. The van der Waals surface area contributed by atoms with E-state index in [1.807, 2.05) is 30.6 Å². The molecule has 0 heterocycles. The molecule has 0 aromatic rings. The number of nitrogens with two attached hydrogens (primary N) is 1. The third kappa shape index (κ3) is 8.25. The first-order chi connectivity index (χ1) is 6.99. The Labute approximate surface area is 110 Å². The molecule has 0 spiro atoms. The molecule has 3 nitrogen and oxygen atoms in total. The molecule has 0 rings (SSSR count). The fourth-order valence-corrected chi connectivity index (χ4v) is 1.83. The lowest BCUT2D eigenvalue weighted by molar-refractivity contribution is -0.131. The number of carbonyl (C=O) groups is 1. The van der Waals surface area contributed by atoms with Crippen molar-refractivity contribution >= 4 is 30.1 Å². The molecule has 0 fully saturated rings. The van der Waals surface area contributed by atoms with Gasteiger partial charge in [-0.2, -0.15) is 11.8 Å². The van der Waals surface area contributed by atoms with Crippen LogP contribution in [0.4, 0.5) is 0 Å². The Balaban J connectivity index is 0. The normalized spacial score (nSPS) is 13.8. The molecule has 0 radical (unpaired) electrons. The molecule has 2 N–H and O–H groups in total. The zero-order chi connectivity index (χ0) is 11.8. The molecule has 0 aliphatic rings. The number of hydrogen-bond acceptors (Lipinski definition) is 3. The maximum Gasteiger partial charge on any atom is 0.222 e. The molecule has 0 aromatic carbocycles. The van der Waals surface area contributed by atoms with Crippen molar-refractivity contribution in [3.05, 3.63) is 0 Å². The molecule has 98 valence electrons. The Bertz CT molecular complexity index is 191. The van der Waals surface area contributed by atoms with Crippen molar-refractivity contribution in [3.63, 3.8) is 0 Å². The van der Waals surface area contributed by atoms with Gasteiger partial charge in [0.2, 0.25) is 5.91 Å². The van der Waals surface area contributed by atoms with Gasteiger partial charge in [0.15, 0.2) is 0 Å². The van der Waals surface area contributed by atoms with Crippen LogP contribution in [0.3, 0.4) is 0 Å². The molecule has 2 unspecified atom stereocenters. The smallest absolute Gasteiger partial charge is 0.222 e. The zero-order valence-corrected chi connectivity index (χ0v) is 12.4. The number of carbonyl (C=O) groups excluding carboxylic acids is 1. The largest absolute Gasteiger partial charge is 0.343 e. The van der Waals surface area contributed by atoms with Crippen LogP contribution in [-0.2, 0) is 4.79 Å². The van der Waals surface area contributed by atoms with Crippen molar-refractivity contribution in [2.45, 2.75) is 45.2 Å².